The van der Waals surface area contributed by atoms with Crippen LogP contribution in [0.3, 0.4) is 0 Å². The van der Waals surface area contributed by atoms with Crippen LogP contribution in [0.4, 0.5) is 10.1 Å². The molecule has 128 valence electrons. The molecule has 4 heteroatoms. The van der Waals surface area contributed by atoms with Gasteiger partial charge in [-0.2, -0.15) is 0 Å². The van der Waals surface area contributed by atoms with Crippen LogP contribution in [0.25, 0.3) is 5.69 Å². The first-order valence-electron chi connectivity index (χ1n) is 8.65. The van der Waals surface area contributed by atoms with E-state index in [4.69, 9.17) is 4.74 Å². The maximum absolute atomic E-state index is 13.1. The number of hydrogen-bond acceptors (Lipinski definition) is 2. The summed E-state index contributed by atoms with van der Waals surface area (Å²) in [7, 11) is 0. The number of nitrogens with zero attached hydrogens (tertiary/aromatic N) is 2. The summed E-state index contributed by atoms with van der Waals surface area (Å²) in [5.74, 6) is -0.225. The molecular formula is C21H21FN2O. The van der Waals surface area contributed by atoms with E-state index < -0.39 is 0 Å². The average Bonchev–Trinajstić information content (AvgIpc) is 3.31. The molecule has 0 spiro atoms. The molecule has 25 heavy (non-hydrogen) atoms. The van der Waals surface area contributed by atoms with E-state index in [1.807, 2.05) is 10.8 Å². The van der Waals surface area contributed by atoms with Crippen molar-refractivity contribution in [2.75, 3.05) is 18.1 Å². The van der Waals surface area contributed by atoms with Crippen LogP contribution in [0.5, 0.6) is 0 Å². The fourth-order valence-corrected chi connectivity index (χ4v) is 3.27. The smallest absolute Gasteiger partial charge is 0.158 e. The van der Waals surface area contributed by atoms with Gasteiger partial charge in [0.15, 0.2) is 6.23 Å². The molecule has 1 saturated heterocycles. The van der Waals surface area contributed by atoms with Crippen LogP contribution in [0.15, 0.2) is 67.0 Å². The summed E-state index contributed by atoms with van der Waals surface area (Å²) in [5.41, 5.74) is 4.54. The van der Waals surface area contributed by atoms with Crippen molar-refractivity contribution in [2.45, 2.75) is 19.6 Å². The highest BCUT2D eigenvalue weighted by molar-refractivity contribution is 5.50. The second-order valence-corrected chi connectivity index (χ2v) is 6.27. The third-order valence-electron chi connectivity index (χ3n) is 4.69. The van der Waals surface area contributed by atoms with Crippen molar-refractivity contribution in [3.05, 3.63) is 83.9 Å². The van der Waals surface area contributed by atoms with Crippen molar-refractivity contribution >= 4 is 5.69 Å². The fraction of sp³-hybridized carbons (Fsp3) is 0.238. The van der Waals surface area contributed by atoms with E-state index in [1.54, 1.807) is 12.1 Å². The topological polar surface area (TPSA) is 17.4 Å². The van der Waals surface area contributed by atoms with E-state index in [-0.39, 0.29) is 12.0 Å². The van der Waals surface area contributed by atoms with E-state index in [2.05, 4.69) is 48.4 Å². The van der Waals surface area contributed by atoms with Crippen molar-refractivity contribution in [3.8, 4) is 5.69 Å². The van der Waals surface area contributed by atoms with Crippen LogP contribution in [0.1, 0.15) is 24.3 Å². The van der Waals surface area contributed by atoms with Crippen molar-refractivity contribution in [2.24, 2.45) is 0 Å². The highest BCUT2D eigenvalue weighted by Crippen LogP contribution is 2.32. The van der Waals surface area contributed by atoms with Crippen molar-refractivity contribution in [1.82, 2.24) is 4.57 Å². The second-order valence-electron chi connectivity index (χ2n) is 6.27. The van der Waals surface area contributed by atoms with Crippen LogP contribution in [0, 0.1) is 5.82 Å². The Bertz CT molecular complexity index is 839. The normalized spacial score (nSPS) is 17.2. The van der Waals surface area contributed by atoms with Gasteiger partial charge >= 0.3 is 0 Å². The van der Waals surface area contributed by atoms with Crippen LogP contribution >= 0.6 is 0 Å². The molecule has 0 unspecified atom stereocenters. The second kappa shape index (κ2) is 6.73. The number of hydrogen-bond donors (Lipinski definition) is 0. The molecule has 0 radical (unpaired) electrons. The van der Waals surface area contributed by atoms with Gasteiger partial charge in [-0.15, -0.1) is 0 Å². The minimum atomic E-state index is -0.225. The Morgan fingerprint density at radius 3 is 2.44 bits per heavy atom. The molecule has 0 aliphatic carbocycles. The first-order valence-corrected chi connectivity index (χ1v) is 8.65. The number of anilines is 1. The van der Waals surface area contributed by atoms with Gasteiger partial charge in [0.25, 0.3) is 0 Å². The SMILES string of the molecule is CCc1ccc(N2CCO[C@H]2c2ccn(-c3ccc(F)cc3)c2)cc1. The molecule has 0 amide bonds. The van der Waals surface area contributed by atoms with E-state index in [0.29, 0.717) is 6.61 Å². The largest absolute Gasteiger partial charge is 0.352 e. The first kappa shape index (κ1) is 15.9. The summed E-state index contributed by atoms with van der Waals surface area (Å²) in [6.45, 7) is 3.74. The Kier molecular flexibility index (Phi) is 4.28. The molecule has 1 fully saturated rings. The lowest BCUT2D eigenvalue weighted by atomic mass is 10.1. The number of rotatable bonds is 4. The Balaban J connectivity index is 1.59. The van der Waals surface area contributed by atoms with E-state index in [1.165, 1.54) is 23.4 Å². The quantitative estimate of drug-likeness (QED) is 0.686. The number of ether oxygens (including phenoxy) is 1. The van der Waals surface area contributed by atoms with Gasteiger partial charge in [0, 0.05) is 35.9 Å². The van der Waals surface area contributed by atoms with Gasteiger partial charge in [0.05, 0.1) is 6.61 Å². The third-order valence-corrected chi connectivity index (χ3v) is 4.69. The summed E-state index contributed by atoms with van der Waals surface area (Å²) < 4.78 is 21.1. The number of halogens is 1. The molecule has 2 heterocycles. The van der Waals surface area contributed by atoms with Gasteiger partial charge in [-0.3, -0.25) is 0 Å². The third kappa shape index (κ3) is 3.17. The summed E-state index contributed by atoms with van der Waals surface area (Å²) in [5, 5.41) is 0. The standard InChI is InChI=1S/C21H21FN2O/c1-2-16-3-7-20(8-4-16)24-13-14-25-21(24)17-11-12-23(15-17)19-9-5-18(22)6-10-19/h3-12,15,21H,2,13-14H2,1H3/t21-/m0/s1. The highest BCUT2D eigenvalue weighted by atomic mass is 19.1. The average molecular weight is 336 g/mol. The van der Waals surface area contributed by atoms with Gasteiger partial charge in [-0.1, -0.05) is 19.1 Å². The van der Waals surface area contributed by atoms with E-state index >= 15 is 0 Å². The van der Waals surface area contributed by atoms with Crippen LogP contribution in [-0.4, -0.2) is 17.7 Å². The molecule has 0 saturated carbocycles. The highest BCUT2D eigenvalue weighted by Gasteiger charge is 2.27. The lowest BCUT2D eigenvalue weighted by Crippen LogP contribution is -2.22. The van der Waals surface area contributed by atoms with E-state index in [0.717, 1.165) is 24.2 Å². The summed E-state index contributed by atoms with van der Waals surface area (Å²) >= 11 is 0. The van der Waals surface area contributed by atoms with Gasteiger partial charge in [-0.25, -0.2) is 4.39 Å². The van der Waals surface area contributed by atoms with Crippen molar-refractivity contribution in [3.63, 3.8) is 0 Å². The lowest BCUT2D eigenvalue weighted by Gasteiger charge is -2.24. The molecule has 1 aromatic heterocycles. The predicted octanol–water partition coefficient (Wildman–Crippen LogP) is 4.71. The molecule has 0 bridgehead atoms. The minimum absolute atomic E-state index is 0.0887. The molecule has 3 aromatic rings. The summed E-state index contributed by atoms with van der Waals surface area (Å²) in [6.07, 6.45) is 4.99. The number of aryl methyl sites for hydroxylation is 1. The first-order chi connectivity index (χ1) is 12.2. The predicted molar refractivity (Wildman–Crippen MR) is 97.6 cm³/mol. The van der Waals surface area contributed by atoms with Crippen LogP contribution < -0.4 is 4.90 Å². The van der Waals surface area contributed by atoms with Gasteiger partial charge in [-0.05, 0) is 54.4 Å². The Hall–Kier alpha value is -2.59. The molecular weight excluding hydrogens is 315 g/mol. The zero-order chi connectivity index (χ0) is 17.2. The van der Waals surface area contributed by atoms with E-state index in [9.17, 15) is 4.39 Å². The number of benzene rings is 2. The molecule has 4 rings (SSSR count). The number of aromatic nitrogens is 1. The van der Waals surface area contributed by atoms with Crippen LogP contribution in [0.2, 0.25) is 0 Å². The maximum Gasteiger partial charge on any atom is 0.158 e. The maximum atomic E-state index is 13.1. The zero-order valence-electron chi connectivity index (χ0n) is 14.2. The van der Waals surface area contributed by atoms with Gasteiger partial charge in [0.1, 0.15) is 5.82 Å². The Labute approximate surface area is 147 Å². The molecule has 3 nitrogen and oxygen atoms in total. The lowest BCUT2D eigenvalue weighted by molar-refractivity contribution is 0.114. The van der Waals surface area contributed by atoms with Gasteiger partial charge in [0.2, 0.25) is 0 Å². The Morgan fingerprint density at radius 2 is 1.72 bits per heavy atom. The summed E-state index contributed by atoms with van der Waals surface area (Å²) in [4.78, 5) is 2.28. The Morgan fingerprint density at radius 1 is 1.00 bits per heavy atom. The van der Waals surface area contributed by atoms with Crippen molar-refractivity contribution < 1.29 is 9.13 Å². The van der Waals surface area contributed by atoms with Crippen molar-refractivity contribution in [1.29, 1.82) is 0 Å². The van der Waals surface area contributed by atoms with Gasteiger partial charge < -0.3 is 14.2 Å². The molecule has 2 aromatic carbocycles. The molecule has 1 aliphatic rings. The molecule has 1 atom stereocenters. The minimum Gasteiger partial charge on any atom is -0.352 e. The monoisotopic (exact) mass is 336 g/mol. The fourth-order valence-electron chi connectivity index (χ4n) is 3.27. The molecule has 1 aliphatic heterocycles. The summed E-state index contributed by atoms with van der Waals surface area (Å²) in [6, 6.07) is 17.2. The zero-order valence-corrected chi connectivity index (χ0v) is 14.2. The molecule has 0 N–H and O–H groups in total. The van der Waals surface area contributed by atoms with Crippen LogP contribution in [-0.2, 0) is 11.2 Å².